The van der Waals surface area contributed by atoms with Crippen LogP contribution in [-0.2, 0) is 4.79 Å². The van der Waals surface area contributed by atoms with E-state index in [0.29, 0.717) is 24.2 Å². The van der Waals surface area contributed by atoms with E-state index >= 15 is 0 Å². The molecule has 1 amide bonds. The van der Waals surface area contributed by atoms with E-state index < -0.39 is 18.0 Å². The van der Waals surface area contributed by atoms with E-state index in [2.05, 4.69) is 26.3 Å². The molecule has 1 aromatic carbocycles. The fraction of sp³-hybridized carbons (Fsp3) is 0.412. The second-order valence-electron chi connectivity index (χ2n) is 6.21. The van der Waals surface area contributed by atoms with Gasteiger partial charge in [-0.1, -0.05) is 18.6 Å². The maximum Gasteiger partial charge on any atom is 0.391 e. The molecule has 1 aliphatic carbocycles. The van der Waals surface area contributed by atoms with Crippen LogP contribution in [0.1, 0.15) is 25.7 Å². The molecule has 1 aromatic heterocycles. The monoisotopic (exact) mass is 415 g/mol. The summed E-state index contributed by atoms with van der Waals surface area (Å²) in [6, 6.07) is 7.07. The van der Waals surface area contributed by atoms with Gasteiger partial charge in [-0.2, -0.15) is 18.3 Å². The van der Waals surface area contributed by atoms with Gasteiger partial charge in [0.15, 0.2) is 0 Å². The summed E-state index contributed by atoms with van der Waals surface area (Å²) >= 11 is 3.32. The summed E-state index contributed by atoms with van der Waals surface area (Å²) < 4.78 is 41.2. The van der Waals surface area contributed by atoms with Crippen molar-refractivity contribution in [2.45, 2.75) is 31.9 Å². The highest BCUT2D eigenvalue weighted by Gasteiger charge is 2.43. The van der Waals surface area contributed by atoms with Crippen LogP contribution in [0.5, 0.6) is 0 Å². The van der Waals surface area contributed by atoms with Gasteiger partial charge >= 0.3 is 6.18 Å². The van der Waals surface area contributed by atoms with E-state index in [4.69, 9.17) is 0 Å². The zero-order chi connectivity index (χ0) is 18.0. The second kappa shape index (κ2) is 7.19. The van der Waals surface area contributed by atoms with Crippen molar-refractivity contribution in [2.75, 3.05) is 5.32 Å². The number of carbonyl (C=O) groups is 1. The fourth-order valence-corrected chi connectivity index (χ4v) is 3.46. The molecule has 3 rings (SSSR count). The summed E-state index contributed by atoms with van der Waals surface area (Å²) in [7, 11) is 0. The molecule has 0 saturated heterocycles. The summed E-state index contributed by atoms with van der Waals surface area (Å²) in [4.78, 5) is 12.5. The van der Waals surface area contributed by atoms with Gasteiger partial charge in [0, 0.05) is 12.1 Å². The van der Waals surface area contributed by atoms with Crippen LogP contribution < -0.4 is 5.32 Å². The molecule has 2 atom stereocenters. The molecule has 1 aliphatic rings. The Balaban J connectivity index is 1.75. The molecular weight excluding hydrogens is 399 g/mol. The Kier molecular flexibility index (Phi) is 5.17. The molecule has 1 fully saturated rings. The summed E-state index contributed by atoms with van der Waals surface area (Å²) in [6.45, 7) is 0. The van der Waals surface area contributed by atoms with E-state index in [1.807, 2.05) is 0 Å². The predicted octanol–water partition coefficient (Wildman–Crippen LogP) is 4.94. The lowest BCUT2D eigenvalue weighted by atomic mass is 9.80. The number of anilines is 1. The molecule has 25 heavy (non-hydrogen) atoms. The molecule has 0 bridgehead atoms. The average Bonchev–Trinajstić information content (AvgIpc) is 3.01. The quantitative estimate of drug-likeness (QED) is 0.771. The maximum absolute atomic E-state index is 12.9. The molecule has 2 unspecified atom stereocenters. The van der Waals surface area contributed by atoms with Gasteiger partial charge < -0.3 is 5.32 Å². The van der Waals surface area contributed by atoms with E-state index in [-0.39, 0.29) is 18.7 Å². The molecule has 0 spiro atoms. The third kappa shape index (κ3) is 4.23. The Morgan fingerprint density at radius 3 is 2.72 bits per heavy atom. The van der Waals surface area contributed by atoms with Crippen molar-refractivity contribution in [3.05, 3.63) is 41.1 Å². The minimum atomic E-state index is -4.24. The van der Waals surface area contributed by atoms with Gasteiger partial charge in [-0.25, -0.2) is 4.68 Å². The van der Waals surface area contributed by atoms with Gasteiger partial charge in [0.1, 0.15) is 0 Å². The standard InChI is InChI=1S/C17H17BrF3N3O/c18-13-9-22-24(10-13)15-7-2-1-6-14(15)23-16(25)11-4-3-5-12(8-11)17(19,20)21/h1-2,6-7,9-12H,3-5,8H2,(H,23,25). The van der Waals surface area contributed by atoms with Crippen molar-refractivity contribution >= 4 is 27.5 Å². The molecule has 134 valence electrons. The number of halogens is 4. The number of alkyl halides is 3. The average molecular weight is 416 g/mol. The van der Waals surface area contributed by atoms with Gasteiger partial charge in [-0.3, -0.25) is 4.79 Å². The lowest BCUT2D eigenvalue weighted by Crippen LogP contribution is -2.34. The lowest BCUT2D eigenvalue weighted by Gasteiger charge is -2.29. The van der Waals surface area contributed by atoms with Crippen molar-refractivity contribution in [1.29, 1.82) is 0 Å². The van der Waals surface area contributed by atoms with E-state index in [0.717, 1.165) is 4.47 Å². The number of nitrogens with zero attached hydrogens (tertiary/aromatic N) is 2. The topological polar surface area (TPSA) is 46.9 Å². The molecular formula is C17H17BrF3N3O. The minimum Gasteiger partial charge on any atom is -0.324 e. The van der Waals surface area contributed by atoms with E-state index in [1.54, 1.807) is 41.3 Å². The molecule has 0 radical (unpaired) electrons. The first-order valence-electron chi connectivity index (χ1n) is 8.02. The summed E-state index contributed by atoms with van der Waals surface area (Å²) in [5.74, 6) is -2.39. The number of rotatable bonds is 3. The van der Waals surface area contributed by atoms with Crippen LogP contribution in [0.25, 0.3) is 5.69 Å². The number of nitrogens with one attached hydrogen (secondary N) is 1. The van der Waals surface area contributed by atoms with Crippen molar-refractivity contribution in [3.8, 4) is 5.69 Å². The molecule has 2 aromatic rings. The van der Waals surface area contributed by atoms with Gasteiger partial charge in [-0.15, -0.1) is 0 Å². The van der Waals surface area contributed by atoms with Crippen molar-refractivity contribution in [2.24, 2.45) is 11.8 Å². The van der Waals surface area contributed by atoms with Crippen molar-refractivity contribution in [1.82, 2.24) is 9.78 Å². The van der Waals surface area contributed by atoms with Crippen LogP contribution in [0.2, 0.25) is 0 Å². The summed E-state index contributed by atoms with van der Waals surface area (Å²) in [5, 5.41) is 6.96. The Labute approximate surface area is 151 Å². The number of carbonyl (C=O) groups excluding carboxylic acids is 1. The van der Waals surface area contributed by atoms with Crippen LogP contribution in [0.15, 0.2) is 41.1 Å². The number of benzene rings is 1. The third-order valence-corrected chi connectivity index (χ3v) is 4.88. The first-order valence-corrected chi connectivity index (χ1v) is 8.81. The Morgan fingerprint density at radius 1 is 1.28 bits per heavy atom. The van der Waals surface area contributed by atoms with E-state index in [9.17, 15) is 18.0 Å². The largest absolute Gasteiger partial charge is 0.391 e. The second-order valence-corrected chi connectivity index (χ2v) is 7.13. The molecule has 1 heterocycles. The lowest BCUT2D eigenvalue weighted by molar-refractivity contribution is -0.185. The van der Waals surface area contributed by atoms with Gasteiger partial charge in [-0.05, 0) is 47.3 Å². The van der Waals surface area contributed by atoms with Gasteiger partial charge in [0.05, 0.1) is 28.0 Å². The van der Waals surface area contributed by atoms with Crippen LogP contribution in [0.3, 0.4) is 0 Å². The highest BCUT2D eigenvalue weighted by atomic mass is 79.9. The van der Waals surface area contributed by atoms with Crippen LogP contribution >= 0.6 is 15.9 Å². The third-order valence-electron chi connectivity index (χ3n) is 4.47. The van der Waals surface area contributed by atoms with Crippen LogP contribution in [-0.4, -0.2) is 21.9 Å². The van der Waals surface area contributed by atoms with Gasteiger partial charge in [0.25, 0.3) is 0 Å². The zero-order valence-electron chi connectivity index (χ0n) is 13.3. The maximum atomic E-state index is 12.9. The highest BCUT2D eigenvalue weighted by molar-refractivity contribution is 9.10. The molecule has 1 saturated carbocycles. The van der Waals surface area contributed by atoms with Crippen LogP contribution in [0.4, 0.5) is 18.9 Å². The Morgan fingerprint density at radius 2 is 2.04 bits per heavy atom. The number of hydrogen-bond donors (Lipinski definition) is 1. The fourth-order valence-electron chi connectivity index (χ4n) is 3.17. The summed E-state index contributed by atoms with van der Waals surface area (Å²) in [5.41, 5.74) is 1.18. The first kappa shape index (κ1) is 18.0. The molecule has 4 nitrogen and oxygen atoms in total. The minimum absolute atomic E-state index is 0.102. The van der Waals surface area contributed by atoms with Crippen molar-refractivity contribution < 1.29 is 18.0 Å². The normalized spacial score (nSPS) is 21.1. The molecule has 8 heteroatoms. The van der Waals surface area contributed by atoms with E-state index in [1.165, 1.54) is 0 Å². The number of hydrogen-bond acceptors (Lipinski definition) is 2. The summed E-state index contributed by atoms with van der Waals surface area (Å²) in [6.07, 6.45) is -0.0307. The molecule has 0 aliphatic heterocycles. The van der Waals surface area contributed by atoms with Crippen LogP contribution in [0, 0.1) is 11.8 Å². The Hall–Kier alpha value is -1.83. The first-order chi connectivity index (χ1) is 11.8. The highest BCUT2D eigenvalue weighted by Crippen LogP contribution is 2.40. The Bertz CT molecular complexity index is 760. The zero-order valence-corrected chi connectivity index (χ0v) is 14.8. The SMILES string of the molecule is O=C(Nc1ccccc1-n1cc(Br)cn1)C1CCCC(C(F)(F)F)C1. The molecule has 1 N–H and O–H groups in total. The number of amides is 1. The number of para-hydroxylation sites is 2. The predicted molar refractivity (Wildman–Crippen MR) is 91.4 cm³/mol. The number of aromatic nitrogens is 2. The van der Waals surface area contributed by atoms with Gasteiger partial charge in [0.2, 0.25) is 5.91 Å². The van der Waals surface area contributed by atoms with Crippen molar-refractivity contribution in [3.63, 3.8) is 0 Å². The smallest absolute Gasteiger partial charge is 0.324 e.